The third-order valence-corrected chi connectivity index (χ3v) is 4.56. The van der Waals surface area contributed by atoms with Crippen molar-refractivity contribution in [3.63, 3.8) is 0 Å². The summed E-state index contributed by atoms with van der Waals surface area (Å²) in [7, 11) is 0. The Balaban J connectivity index is 0.00000243. The molecule has 0 fully saturated rings. The molecule has 1 aromatic carbocycles. The number of carboxylic acid groups (broad SMARTS) is 1. The summed E-state index contributed by atoms with van der Waals surface area (Å²) in [5, 5.41) is 21.1. The third kappa shape index (κ3) is 4.47. The molecule has 0 radical (unpaired) electrons. The quantitative estimate of drug-likeness (QED) is 0.651. The van der Waals surface area contributed by atoms with Gasteiger partial charge in [-0.3, -0.25) is 0 Å². The maximum absolute atomic E-state index is 11.2. The number of hydrogen-bond donors (Lipinski definition) is 1. The molecule has 3 rings (SSSR count). The molecule has 0 aliphatic heterocycles. The molecule has 132 valence electrons. The van der Waals surface area contributed by atoms with Crippen LogP contribution in [0.15, 0.2) is 24.5 Å². The molecule has 0 saturated heterocycles. The van der Waals surface area contributed by atoms with Gasteiger partial charge in [-0.2, -0.15) is 4.68 Å². The number of nitrogens with zero attached hydrogens (tertiary/aromatic N) is 5. The standard InChI is InChI=1S/C16H17N5O3S.Na.H/c1-9(2)7-24-13-5-4-11(6-12(13)21-8-17-19-20-21)15-18-10(3)14(25-15)16(22)23;;/h4-6,8-9H,7H2,1-3H3,(H,22,23);;. The van der Waals surface area contributed by atoms with Crippen LogP contribution < -0.4 is 4.74 Å². The van der Waals surface area contributed by atoms with Crippen molar-refractivity contribution in [1.82, 2.24) is 25.2 Å². The van der Waals surface area contributed by atoms with E-state index in [1.165, 1.54) is 11.0 Å². The summed E-state index contributed by atoms with van der Waals surface area (Å²) in [6.07, 6.45) is 1.48. The maximum atomic E-state index is 11.2. The first-order valence-electron chi connectivity index (χ1n) is 7.67. The van der Waals surface area contributed by atoms with E-state index in [1.807, 2.05) is 18.2 Å². The summed E-state index contributed by atoms with van der Waals surface area (Å²) in [6.45, 7) is 6.38. The first-order valence-corrected chi connectivity index (χ1v) is 8.48. The number of aromatic carboxylic acids is 1. The average Bonchev–Trinajstić information content (AvgIpc) is 3.22. The zero-order valence-corrected chi connectivity index (χ0v) is 14.8. The van der Waals surface area contributed by atoms with E-state index < -0.39 is 5.97 Å². The van der Waals surface area contributed by atoms with Crippen molar-refractivity contribution in [2.45, 2.75) is 20.8 Å². The Labute approximate surface area is 176 Å². The third-order valence-electron chi connectivity index (χ3n) is 3.36. The molecule has 0 aliphatic rings. The van der Waals surface area contributed by atoms with Gasteiger partial charge in [0.25, 0.3) is 0 Å². The molecule has 0 saturated carbocycles. The van der Waals surface area contributed by atoms with Crippen molar-refractivity contribution >= 4 is 46.9 Å². The zero-order chi connectivity index (χ0) is 18.0. The predicted molar refractivity (Wildman–Crippen MR) is 99.4 cm³/mol. The Kier molecular flexibility index (Phi) is 6.87. The SMILES string of the molecule is Cc1nc(-c2ccc(OCC(C)C)c(-n3cnnn3)c2)sc1C(=O)O.[NaH]. The average molecular weight is 383 g/mol. The number of ether oxygens (including phenoxy) is 1. The minimum atomic E-state index is -0.973. The van der Waals surface area contributed by atoms with Crippen molar-refractivity contribution < 1.29 is 14.6 Å². The van der Waals surface area contributed by atoms with E-state index in [2.05, 4.69) is 34.4 Å². The van der Waals surface area contributed by atoms with Gasteiger partial charge in [-0.1, -0.05) is 13.8 Å². The van der Waals surface area contributed by atoms with Crippen LogP contribution in [0.1, 0.15) is 29.2 Å². The molecule has 1 N–H and O–H groups in total. The molecule has 0 bridgehead atoms. The molecular formula is C16H18N5NaO3S. The molecule has 8 nitrogen and oxygen atoms in total. The Bertz CT molecular complexity index is 895. The van der Waals surface area contributed by atoms with Gasteiger partial charge in [0.05, 0.1) is 12.3 Å². The van der Waals surface area contributed by atoms with Gasteiger partial charge < -0.3 is 9.84 Å². The number of benzene rings is 1. The Morgan fingerprint density at radius 3 is 2.73 bits per heavy atom. The molecule has 3 aromatic rings. The normalized spacial score (nSPS) is 10.6. The zero-order valence-electron chi connectivity index (χ0n) is 14.0. The van der Waals surface area contributed by atoms with E-state index >= 15 is 0 Å². The molecular weight excluding hydrogens is 365 g/mol. The molecule has 0 spiro atoms. The predicted octanol–water partition coefficient (Wildman–Crippen LogP) is 2.18. The molecule has 0 unspecified atom stereocenters. The van der Waals surface area contributed by atoms with Crippen molar-refractivity contribution in [2.24, 2.45) is 5.92 Å². The van der Waals surface area contributed by atoms with Crippen LogP contribution in [-0.2, 0) is 0 Å². The molecule has 0 aliphatic carbocycles. The van der Waals surface area contributed by atoms with Crippen LogP contribution in [-0.4, -0.2) is 72.4 Å². The summed E-state index contributed by atoms with van der Waals surface area (Å²) in [5.74, 6) is 0.0523. The fourth-order valence-electron chi connectivity index (χ4n) is 2.20. The number of tetrazole rings is 1. The molecule has 2 aromatic heterocycles. The topological polar surface area (TPSA) is 103 Å². The Hall–Kier alpha value is -1.81. The van der Waals surface area contributed by atoms with E-state index in [9.17, 15) is 9.90 Å². The number of hydrogen-bond acceptors (Lipinski definition) is 7. The summed E-state index contributed by atoms with van der Waals surface area (Å²) in [4.78, 5) is 15.8. The van der Waals surface area contributed by atoms with Gasteiger partial charge in [-0.05, 0) is 41.5 Å². The molecule has 0 amide bonds. The molecule has 26 heavy (non-hydrogen) atoms. The van der Waals surface area contributed by atoms with Crippen molar-refractivity contribution in [1.29, 1.82) is 0 Å². The fourth-order valence-corrected chi connectivity index (χ4v) is 3.10. The molecule has 10 heteroatoms. The fraction of sp³-hybridized carbons (Fsp3) is 0.312. The van der Waals surface area contributed by atoms with Crippen LogP contribution in [0.4, 0.5) is 0 Å². The summed E-state index contributed by atoms with van der Waals surface area (Å²) in [6, 6.07) is 5.52. The number of thiazole rings is 1. The van der Waals surface area contributed by atoms with Gasteiger partial charge in [0.1, 0.15) is 27.6 Å². The van der Waals surface area contributed by atoms with Crippen LogP contribution >= 0.6 is 11.3 Å². The number of carboxylic acids is 1. The van der Waals surface area contributed by atoms with Crippen LogP contribution in [0.2, 0.25) is 0 Å². The van der Waals surface area contributed by atoms with E-state index in [0.717, 1.165) is 16.9 Å². The first-order chi connectivity index (χ1) is 12.0. The monoisotopic (exact) mass is 383 g/mol. The molecule has 2 heterocycles. The number of rotatable bonds is 6. The van der Waals surface area contributed by atoms with Gasteiger partial charge in [0.15, 0.2) is 0 Å². The summed E-state index contributed by atoms with van der Waals surface area (Å²) >= 11 is 1.14. The van der Waals surface area contributed by atoms with Gasteiger partial charge in [0, 0.05) is 5.56 Å². The van der Waals surface area contributed by atoms with Crippen LogP contribution in [0, 0.1) is 12.8 Å². The number of aromatic nitrogens is 5. The number of carbonyl (C=O) groups is 1. The molecule has 0 atom stereocenters. The second kappa shape index (κ2) is 8.72. The first kappa shape index (κ1) is 20.5. The van der Waals surface area contributed by atoms with Crippen molar-refractivity contribution in [3.05, 3.63) is 35.1 Å². The van der Waals surface area contributed by atoms with Gasteiger partial charge in [-0.25, -0.2) is 9.78 Å². The second-order valence-corrected chi connectivity index (χ2v) is 6.88. The van der Waals surface area contributed by atoms with Gasteiger partial charge >= 0.3 is 35.5 Å². The Morgan fingerprint density at radius 1 is 1.38 bits per heavy atom. The van der Waals surface area contributed by atoms with Crippen molar-refractivity contribution in [3.8, 4) is 22.0 Å². The van der Waals surface area contributed by atoms with Crippen LogP contribution in [0.25, 0.3) is 16.3 Å². The van der Waals surface area contributed by atoms with Gasteiger partial charge in [0.2, 0.25) is 0 Å². The van der Waals surface area contributed by atoms with Gasteiger partial charge in [-0.15, -0.1) is 16.4 Å². The number of aryl methyl sites for hydroxylation is 1. The minimum absolute atomic E-state index is 0. The second-order valence-electron chi connectivity index (χ2n) is 5.88. The van der Waals surface area contributed by atoms with E-state index in [0.29, 0.717) is 34.7 Å². The van der Waals surface area contributed by atoms with E-state index in [1.54, 1.807) is 6.92 Å². The van der Waals surface area contributed by atoms with Crippen molar-refractivity contribution in [2.75, 3.05) is 6.61 Å². The van der Waals surface area contributed by atoms with Crippen LogP contribution in [0.3, 0.4) is 0 Å². The van der Waals surface area contributed by atoms with E-state index in [-0.39, 0.29) is 34.4 Å². The summed E-state index contributed by atoms with van der Waals surface area (Å²) in [5.41, 5.74) is 1.95. The van der Waals surface area contributed by atoms with E-state index in [4.69, 9.17) is 4.74 Å². The Morgan fingerprint density at radius 2 is 2.15 bits per heavy atom. The summed E-state index contributed by atoms with van der Waals surface area (Å²) < 4.78 is 7.36. The van der Waals surface area contributed by atoms with Crippen LogP contribution in [0.5, 0.6) is 5.75 Å².